The second kappa shape index (κ2) is 5.55. The molecule has 7 heteroatoms. The lowest BCUT2D eigenvalue weighted by molar-refractivity contribution is 0.0828. The van der Waals surface area contributed by atoms with Crippen LogP contribution < -0.4 is 10.6 Å². The number of rotatable bonds is 2. The van der Waals surface area contributed by atoms with Gasteiger partial charge in [-0.3, -0.25) is 4.79 Å². The van der Waals surface area contributed by atoms with Crippen LogP contribution in [0.5, 0.6) is 0 Å². The number of nitrogens with two attached hydrogens (primary N) is 1. The van der Waals surface area contributed by atoms with Crippen LogP contribution in [0.1, 0.15) is 17.3 Å². The minimum absolute atomic E-state index is 0.0946. The lowest BCUT2D eigenvalue weighted by Gasteiger charge is -2.36. The van der Waals surface area contributed by atoms with Gasteiger partial charge in [-0.05, 0) is 25.1 Å². The zero-order chi connectivity index (χ0) is 15.8. The van der Waals surface area contributed by atoms with Crippen molar-refractivity contribution in [3.8, 4) is 0 Å². The lowest BCUT2D eigenvalue weighted by atomic mass is 10.1. The summed E-state index contributed by atoms with van der Waals surface area (Å²) in [4.78, 5) is 15.7. The molecule has 1 unspecified atom stereocenters. The van der Waals surface area contributed by atoms with Crippen molar-refractivity contribution >= 4 is 27.1 Å². The molecular weight excluding hydrogens is 290 g/mol. The van der Waals surface area contributed by atoms with E-state index in [1.165, 1.54) is 4.90 Å². The van der Waals surface area contributed by atoms with Gasteiger partial charge in [-0.1, -0.05) is 0 Å². The first-order valence-corrected chi connectivity index (χ1v) is 8.61. The number of nitrogen functional groups attached to an aromatic ring is 1. The smallest absolute Gasteiger partial charge is 0.255 e. The van der Waals surface area contributed by atoms with Crippen LogP contribution in [0.2, 0.25) is 0 Å². The Bertz CT molecular complexity index is 655. The molecule has 1 atom stereocenters. The molecular formula is C14H21N3O3S. The van der Waals surface area contributed by atoms with Crippen LogP contribution in [-0.2, 0) is 9.84 Å². The first-order valence-electron chi connectivity index (χ1n) is 6.79. The number of amides is 1. The van der Waals surface area contributed by atoms with Gasteiger partial charge in [0.15, 0.2) is 9.84 Å². The SMILES string of the molecule is CC1CS(=O)(=O)CCN1c1cc(N)ccc1C(=O)N(C)C. The van der Waals surface area contributed by atoms with Crippen molar-refractivity contribution < 1.29 is 13.2 Å². The van der Waals surface area contributed by atoms with E-state index in [0.29, 0.717) is 23.5 Å². The van der Waals surface area contributed by atoms with E-state index in [4.69, 9.17) is 5.73 Å². The van der Waals surface area contributed by atoms with E-state index in [9.17, 15) is 13.2 Å². The second-order valence-corrected chi connectivity index (χ2v) is 7.86. The third-order valence-corrected chi connectivity index (χ3v) is 5.43. The number of nitrogens with zero attached hydrogens (tertiary/aromatic N) is 2. The van der Waals surface area contributed by atoms with Crippen molar-refractivity contribution in [2.45, 2.75) is 13.0 Å². The number of sulfone groups is 1. The van der Waals surface area contributed by atoms with Crippen LogP contribution in [0.3, 0.4) is 0 Å². The topological polar surface area (TPSA) is 83.7 Å². The standard InChI is InChI=1S/C14H21N3O3S/c1-10-9-21(19,20)7-6-17(10)13-8-11(15)4-5-12(13)14(18)16(2)3/h4-5,8,10H,6-7,9,15H2,1-3H3. The van der Waals surface area contributed by atoms with Gasteiger partial charge >= 0.3 is 0 Å². The number of carbonyl (C=O) groups excluding carboxylic acids is 1. The minimum Gasteiger partial charge on any atom is -0.399 e. The predicted octanol–water partition coefficient (Wildman–Crippen LogP) is 0.594. The molecule has 0 radical (unpaired) electrons. The molecule has 1 fully saturated rings. The Morgan fingerprint density at radius 2 is 2.05 bits per heavy atom. The first-order chi connectivity index (χ1) is 9.71. The Labute approximate surface area is 125 Å². The number of benzene rings is 1. The molecule has 0 aliphatic carbocycles. The molecule has 1 heterocycles. The van der Waals surface area contributed by atoms with Crippen LogP contribution in [0.15, 0.2) is 18.2 Å². The van der Waals surface area contributed by atoms with Gasteiger partial charge in [0.25, 0.3) is 5.91 Å². The van der Waals surface area contributed by atoms with Crippen LogP contribution in [0.25, 0.3) is 0 Å². The Balaban J connectivity index is 2.43. The summed E-state index contributed by atoms with van der Waals surface area (Å²) in [5.41, 5.74) is 7.64. The number of hydrogen-bond acceptors (Lipinski definition) is 5. The Morgan fingerprint density at radius 3 is 2.62 bits per heavy atom. The number of anilines is 2. The molecule has 21 heavy (non-hydrogen) atoms. The molecule has 6 nitrogen and oxygen atoms in total. The monoisotopic (exact) mass is 311 g/mol. The molecule has 0 bridgehead atoms. The molecule has 116 valence electrons. The van der Waals surface area contributed by atoms with Crippen molar-refractivity contribution in [1.29, 1.82) is 0 Å². The predicted molar refractivity (Wildman–Crippen MR) is 84.3 cm³/mol. The van der Waals surface area contributed by atoms with Crippen molar-refractivity contribution in [3.63, 3.8) is 0 Å². The molecule has 1 aliphatic rings. The Kier molecular flexibility index (Phi) is 4.13. The van der Waals surface area contributed by atoms with Gasteiger partial charge in [0.05, 0.1) is 22.8 Å². The first kappa shape index (κ1) is 15.6. The van der Waals surface area contributed by atoms with Gasteiger partial charge in [0.2, 0.25) is 0 Å². The van der Waals surface area contributed by atoms with Crippen LogP contribution in [0.4, 0.5) is 11.4 Å². The summed E-state index contributed by atoms with van der Waals surface area (Å²) in [6.07, 6.45) is 0. The van der Waals surface area contributed by atoms with Crippen molar-refractivity contribution in [2.24, 2.45) is 0 Å². The molecule has 2 rings (SSSR count). The largest absolute Gasteiger partial charge is 0.399 e. The maximum atomic E-state index is 12.3. The molecule has 2 N–H and O–H groups in total. The summed E-state index contributed by atoms with van der Waals surface area (Å²) in [5.74, 6) is 0.0738. The fraction of sp³-hybridized carbons (Fsp3) is 0.500. The molecule has 1 aromatic carbocycles. The van der Waals surface area contributed by atoms with Gasteiger partial charge in [-0.15, -0.1) is 0 Å². The Morgan fingerprint density at radius 1 is 1.38 bits per heavy atom. The summed E-state index contributed by atoms with van der Waals surface area (Å²) in [6.45, 7) is 2.23. The van der Waals surface area contributed by atoms with Gasteiger partial charge in [-0.2, -0.15) is 0 Å². The fourth-order valence-electron chi connectivity index (χ4n) is 2.56. The maximum absolute atomic E-state index is 12.3. The fourth-order valence-corrected chi connectivity index (χ4v) is 4.12. The highest BCUT2D eigenvalue weighted by Gasteiger charge is 2.30. The number of carbonyl (C=O) groups is 1. The zero-order valence-corrected chi connectivity index (χ0v) is 13.4. The highest BCUT2D eigenvalue weighted by Crippen LogP contribution is 2.28. The molecule has 1 aromatic rings. The normalized spacial score (nSPS) is 21.1. The molecule has 0 aromatic heterocycles. The van der Waals surface area contributed by atoms with Crippen LogP contribution >= 0.6 is 0 Å². The Hall–Kier alpha value is -1.76. The summed E-state index contributed by atoms with van der Waals surface area (Å²) in [7, 11) is 0.373. The molecule has 0 spiro atoms. The summed E-state index contributed by atoms with van der Waals surface area (Å²) in [6, 6.07) is 4.94. The van der Waals surface area contributed by atoms with Gasteiger partial charge < -0.3 is 15.5 Å². The maximum Gasteiger partial charge on any atom is 0.255 e. The summed E-state index contributed by atoms with van der Waals surface area (Å²) < 4.78 is 23.4. The summed E-state index contributed by atoms with van der Waals surface area (Å²) >= 11 is 0. The van der Waals surface area contributed by atoms with Gasteiger partial charge in [-0.25, -0.2) is 8.42 Å². The van der Waals surface area contributed by atoms with E-state index in [1.54, 1.807) is 32.3 Å². The van der Waals surface area contributed by atoms with Gasteiger partial charge in [0.1, 0.15) is 0 Å². The highest BCUT2D eigenvalue weighted by molar-refractivity contribution is 7.91. The van der Waals surface area contributed by atoms with Crippen LogP contribution in [-0.4, -0.2) is 57.4 Å². The lowest BCUT2D eigenvalue weighted by Crippen LogP contribution is -2.47. The number of hydrogen-bond donors (Lipinski definition) is 1. The third-order valence-electron chi connectivity index (χ3n) is 3.64. The molecule has 1 amide bonds. The average molecular weight is 311 g/mol. The zero-order valence-electron chi connectivity index (χ0n) is 12.5. The quantitative estimate of drug-likeness (QED) is 0.808. The molecule has 1 saturated heterocycles. The summed E-state index contributed by atoms with van der Waals surface area (Å²) in [5, 5.41) is 0. The minimum atomic E-state index is -3.00. The van der Waals surface area contributed by atoms with E-state index in [0.717, 1.165) is 0 Å². The van der Waals surface area contributed by atoms with E-state index in [1.807, 2.05) is 11.8 Å². The second-order valence-electron chi connectivity index (χ2n) is 5.63. The van der Waals surface area contributed by atoms with Crippen LogP contribution in [0, 0.1) is 0 Å². The van der Waals surface area contributed by atoms with E-state index in [-0.39, 0.29) is 23.5 Å². The highest BCUT2D eigenvalue weighted by atomic mass is 32.2. The van der Waals surface area contributed by atoms with E-state index in [2.05, 4.69) is 0 Å². The molecule has 0 saturated carbocycles. The van der Waals surface area contributed by atoms with Crippen molar-refractivity contribution in [3.05, 3.63) is 23.8 Å². The van der Waals surface area contributed by atoms with Crippen molar-refractivity contribution in [2.75, 3.05) is 42.8 Å². The van der Waals surface area contributed by atoms with Crippen molar-refractivity contribution in [1.82, 2.24) is 4.90 Å². The average Bonchev–Trinajstić information content (AvgIpc) is 2.36. The van der Waals surface area contributed by atoms with E-state index < -0.39 is 9.84 Å². The van der Waals surface area contributed by atoms with Gasteiger partial charge in [0, 0.05) is 32.4 Å². The third kappa shape index (κ3) is 3.29. The molecule has 1 aliphatic heterocycles. The van der Waals surface area contributed by atoms with E-state index >= 15 is 0 Å².